The van der Waals surface area contributed by atoms with E-state index in [-0.39, 0.29) is 5.54 Å². The summed E-state index contributed by atoms with van der Waals surface area (Å²) in [4.78, 5) is 2.55. The molecule has 0 heterocycles. The molecule has 19 heavy (non-hydrogen) atoms. The zero-order chi connectivity index (χ0) is 14.3. The quantitative estimate of drug-likeness (QED) is 0.676. The Bertz CT molecular complexity index is 245. The van der Waals surface area contributed by atoms with Gasteiger partial charge in [0.2, 0.25) is 0 Å². The molecule has 0 aliphatic heterocycles. The van der Waals surface area contributed by atoms with E-state index >= 15 is 0 Å². The molecule has 1 rings (SSSR count). The van der Waals surface area contributed by atoms with Crippen molar-refractivity contribution in [2.24, 2.45) is 11.8 Å². The largest absolute Gasteiger partial charge is 0.394 e. The van der Waals surface area contributed by atoms with E-state index in [1.165, 1.54) is 32.4 Å². The van der Waals surface area contributed by atoms with Crippen molar-refractivity contribution in [3.63, 3.8) is 0 Å². The number of likely N-dealkylation sites (N-methyl/N-ethyl adjacent to an activating group) is 1. The topological polar surface area (TPSA) is 35.5 Å². The molecule has 1 aliphatic rings. The van der Waals surface area contributed by atoms with Crippen LogP contribution >= 0.6 is 0 Å². The zero-order valence-electron chi connectivity index (χ0n) is 13.4. The van der Waals surface area contributed by atoms with Crippen LogP contribution in [-0.4, -0.2) is 48.3 Å². The highest BCUT2D eigenvalue weighted by molar-refractivity contribution is 4.98. The van der Waals surface area contributed by atoms with E-state index in [1.54, 1.807) is 0 Å². The Balaban J connectivity index is 2.50. The molecule has 0 saturated heterocycles. The summed E-state index contributed by atoms with van der Waals surface area (Å²) in [6, 6.07) is 0. The summed E-state index contributed by atoms with van der Waals surface area (Å²) in [6.45, 7) is 13.7. The highest BCUT2D eigenvalue weighted by Crippen LogP contribution is 2.37. The van der Waals surface area contributed by atoms with Gasteiger partial charge < -0.3 is 15.3 Å². The van der Waals surface area contributed by atoms with Gasteiger partial charge in [-0.15, -0.1) is 0 Å². The van der Waals surface area contributed by atoms with E-state index in [2.05, 4.69) is 37.9 Å². The van der Waals surface area contributed by atoms with Crippen LogP contribution in [0.1, 0.15) is 53.4 Å². The molecule has 1 saturated carbocycles. The zero-order valence-corrected chi connectivity index (χ0v) is 13.4. The molecule has 1 aliphatic carbocycles. The molecule has 0 spiro atoms. The minimum atomic E-state index is 0.00594. The Kier molecular flexibility index (Phi) is 7.33. The van der Waals surface area contributed by atoms with Crippen LogP contribution < -0.4 is 5.32 Å². The minimum absolute atomic E-state index is 0.00594. The van der Waals surface area contributed by atoms with Crippen molar-refractivity contribution in [1.82, 2.24) is 10.2 Å². The predicted molar refractivity (Wildman–Crippen MR) is 82.4 cm³/mol. The third-order valence-electron chi connectivity index (χ3n) is 4.63. The molecular weight excluding hydrogens is 236 g/mol. The van der Waals surface area contributed by atoms with Crippen LogP contribution in [0, 0.1) is 11.8 Å². The van der Waals surface area contributed by atoms with Crippen molar-refractivity contribution in [2.45, 2.75) is 58.9 Å². The molecule has 0 bridgehead atoms. The van der Waals surface area contributed by atoms with E-state index < -0.39 is 0 Å². The van der Waals surface area contributed by atoms with Gasteiger partial charge in [-0.05, 0) is 50.7 Å². The SMILES string of the molecule is CCNC1(CO)CCCC1CCN(CC)CC(C)C. The molecule has 2 unspecified atom stereocenters. The third-order valence-corrected chi connectivity index (χ3v) is 4.63. The average molecular weight is 270 g/mol. The second-order valence-electron chi connectivity index (χ2n) is 6.51. The Labute approximate surface area is 119 Å². The van der Waals surface area contributed by atoms with Crippen LogP contribution in [0.25, 0.3) is 0 Å². The van der Waals surface area contributed by atoms with Crippen LogP contribution in [0.3, 0.4) is 0 Å². The maximum absolute atomic E-state index is 9.81. The highest BCUT2D eigenvalue weighted by Gasteiger charge is 2.41. The number of rotatable bonds is 9. The summed E-state index contributed by atoms with van der Waals surface area (Å²) >= 11 is 0. The molecule has 0 aromatic heterocycles. The normalized spacial score (nSPS) is 27.6. The summed E-state index contributed by atoms with van der Waals surface area (Å²) < 4.78 is 0. The van der Waals surface area contributed by atoms with E-state index in [9.17, 15) is 5.11 Å². The lowest BCUT2D eigenvalue weighted by Gasteiger charge is -2.36. The van der Waals surface area contributed by atoms with Gasteiger partial charge in [-0.3, -0.25) is 0 Å². The van der Waals surface area contributed by atoms with E-state index in [1.807, 2.05) is 0 Å². The molecule has 2 N–H and O–H groups in total. The molecule has 1 fully saturated rings. The van der Waals surface area contributed by atoms with Crippen molar-refractivity contribution in [3.8, 4) is 0 Å². The maximum atomic E-state index is 9.81. The molecule has 0 amide bonds. The minimum Gasteiger partial charge on any atom is -0.394 e. The number of nitrogens with one attached hydrogen (secondary N) is 1. The molecule has 3 nitrogen and oxygen atoms in total. The van der Waals surface area contributed by atoms with E-state index in [0.717, 1.165) is 25.4 Å². The number of aliphatic hydroxyl groups excluding tert-OH is 1. The number of aliphatic hydroxyl groups is 1. The van der Waals surface area contributed by atoms with E-state index in [4.69, 9.17) is 0 Å². The molecule has 3 heteroatoms. The van der Waals surface area contributed by atoms with Crippen molar-refractivity contribution >= 4 is 0 Å². The monoisotopic (exact) mass is 270 g/mol. The van der Waals surface area contributed by atoms with Crippen LogP contribution in [-0.2, 0) is 0 Å². The fourth-order valence-electron chi connectivity index (χ4n) is 3.65. The lowest BCUT2D eigenvalue weighted by Crippen LogP contribution is -2.52. The first-order valence-electron chi connectivity index (χ1n) is 8.16. The van der Waals surface area contributed by atoms with Gasteiger partial charge in [-0.2, -0.15) is 0 Å². The molecule has 0 aromatic rings. The predicted octanol–water partition coefficient (Wildman–Crippen LogP) is 2.50. The van der Waals surface area contributed by atoms with Crippen molar-refractivity contribution < 1.29 is 5.11 Å². The van der Waals surface area contributed by atoms with Gasteiger partial charge >= 0.3 is 0 Å². The summed E-state index contributed by atoms with van der Waals surface area (Å²) in [5.41, 5.74) is 0.00594. The van der Waals surface area contributed by atoms with Crippen LogP contribution in [0.5, 0.6) is 0 Å². The lowest BCUT2D eigenvalue weighted by molar-refractivity contribution is 0.111. The fraction of sp³-hybridized carbons (Fsp3) is 1.00. The fourth-order valence-corrected chi connectivity index (χ4v) is 3.65. The number of hydrogen-bond donors (Lipinski definition) is 2. The lowest BCUT2D eigenvalue weighted by atomic mass is 9.85. The molecule has 0 radical (unpaired) electrons. The summed E-state index contributed by atoms with van der Waals surface area (Å²) in [5.74, 6) is 1.37. The van der Waals surface area contributed by atoms with Gasteiger partial charge in [0.05, 0.1) is 6.61 Å². The molecular formula is C16H34N2O. The second-order valence-corrected chi connectivity index (χ2v) is 6.51. The summed E-state index contributed by atoms with van der Waals surface area (Å²) in [6.07, 6.45) is 4.88. The van der Waals surface area contributed by atoms with Crippen molar-refractivity contribution in [1.29, 1.82) is 0 Å². The number of nitrogens with zero attached hydrogens (tertiary/aromatic N) is 1. The van der Waals surface area contributed by atoms with Gasteiger partial charge in [0, 0.05) is 12.1 Å². The van der Waals surface area contributed by atoms with E-state index in [0.29, 0.717) is 12.5 Å². The Morgan fingerprint density at radius 2 is 2.11 bits per heavy atom. The first-order valence-corrected chi connectivity index (χ1v) is 8.16. The van der Waals surface area contributed by atoms with Crippen LogP contribution in [0.4, 0.5) is 0 Å². The van der Waals surface area contributed by atoms with Crippen molar-refractivity contribution in [2.75, 3.05) is 32.8 Å². The number of hydrogen-bond acceptors (Lipinski definition) is 3. The van der Waals surface area contributed by atoms with Crippen LogP contribution in [0.15, 0.2) is 0 Å². The maximum Gasteiger partial charge on any atom is 0.0616 e. The first kappa shape index (κ1) is 16.9. The average Bonchev–Trinajstić information content (AvgIpc) is 2.78. The standard InChI is InChI=1S/C16H34N2O/c1-5-17-16(13-19)10-7-8-15(16)9-11-18(6-2)12-14(3)4/h14-15,17,19H,5-13H2,1-4H3. The van der Waals surface area contributed by atoms with Gasteiger partial charge in [-0.1, -0.05) is 34.1 Å². The highest BCUT2D eigenvalue weighted by atomic mass is 16.3. The smallest absolute Gasteiger partial charge is 0.0616 e. The molecule has 114 valence electrons. The van der Waals surface area contributed by atoms with Gasteiger partial charge in [0.15, 0.2) is 0 Å². The van der Waals surface area contributed by atoms with Gasteiger partial charge in [0.25, 0.3) is 0 Å². The Hall–Kier alpha value is -0.120. The molecule has 0 aromatic carbocycles. The molecule has 2 atom stereocenters. The second kappa shape index (κ2) is 8.23. The third kappa shape index (κ3) is 4.73. The van der Waals surface area contributed by atoms with Crippen molar-refractivity contribution in [3.05, 3.63) is 0 Å². The van der Waals surface area contributed by atoms with Gasteiger partial charge in [0.1, 0.15) is 0 Å². The Morgan fingerprint density at radius 1 is 1.37 bits per heavy atom. The Morgan fingerprint density at radius 3 is 2.63 bits per heavy atom. The summed E-state index contributed by atoms with van der Waals surface area (Å²) in [7, 11) is 0. The first-order chi connectivity index (χ1) is 9.07. The van der Waals surface area contributed by atoms with Gasteiger partial charge in [-0.25, -0.2) is 0 Å². The summed E-state index contributed by atoms with van der Waals surface area (Å²) in [5, 5.41) is 13.4. The van der Waals surface area contributed by atoms with Crippen LogP contribution in [0.2, 0.25) is 0 Å².